The van der Waals surface area contributed by atoms with Crippen molar-refractivity contribution >= 4 is 40.9 Å². The number of ether oxygens (including phenoxy) is 2. The number of carbonyl (C=O) groups is 1. The minimum Gasteiger partial charge on any atom is -0.493 e. The van der Waals surface area contributed by atoms with Crippen LogP contribution in [0.25, 0.3) is 0 Å². The number of para-hydroxylation sites is 1. The first kappa shape index (κ1) is 19.8. The Balaban J connectivity index is 1.82. The molecule has 0 aliphatic heterocycles. The van der Waals surface area contributed by atoms with Crippen LogP contribution in [0.2, 0.25) is 10.0 Å². The largest absolute Gasteiger partial charge is 0.493 e. The Morgan fingerprint density at radius 3 is 2.60 bits per heavy atom. The predicted octanol–water partition coefficient (Wildman–Crippen LogP) is 4.67. The zero-order chi connectivity index (χ0) is 18.2. The van der Waals surface area contributed by atoms with Gasteiger partial charge in [-0.15, -0.1) is 0 Å². The molecule has 0 atom stereocenters. The number of benzene rings is 2. The maximum Gasteiger partial charge on any atom is 0.255 e. The normalized spacial score (nSPS) is 10.4. The summed E-state index contributed by atoms with van der Waals surface area (Å²) in [5.74, 6) is 2.36. The summed E-state index contributed by atoms with van der Waals surface area (Å²) < 4.78 is 10.5. The highest BCUT2D eigenvalue weighted by molar-refractivity contribution is 7.98. The van der Waals surface area contributed by atoms with E-state index in [1.54, 1.807) is 43.1 Å². The van der Waals surface area contributed by atoms with Crippen molar-refractivity contribution in [3.63, 3.8) is 0 Å². The van der Waals surface area contributed by atoms with E-state index in [2.05, 4.69) is 5.32 Å². The first-order valence-electron chi connectivity index (χ1n) is 7.57. The molecule has 0 aliphatic carbocycles. The molecule has 0 aromatic heterocycles. The van der Waals surface area contributed by atoms with Gasteiger partial charge in [0.15, 0.2) is 11.5 Å². The topological polar surface area (TPSA) is 47.6 Å². The maximum absolute atomic E-state index is 12.3. The number of rotatable bonds is 8. The Hall–Kier alpha value is -1.56. The molecule has 0 saturated carbocycles. The zero-order valence-corrected chi connectivity index (χ0v) is 16.3. The van der Waals surface area contributed by atoms with E-state index in [9.17, 15) is 4.79 Å². The fourth-order valence-corrected chi connectivity index (χ4v) is 3.34. The molecule has 1 N–H and O–H groups in total. The molecule has 7 heteroatoms. The van der Waals surface area contributed by atoms with Crippen LogP contribution >= 0.6 is 35.0 Å². The molecule has 2 rings (SSSR count). The number of nitrogens with one attached hydrogen (secondary N) is 1. The van der Waals surface area contributed by atoms with Gasteiger partial charge in [-0.25, -0.2) is 0 Å². The van der Waals surface area contributed by atoms with Crippen LogP contribution in [0.5, 0.6) is 11.5 Å². The SMILES string of the molecule is COc1cccc(C(=O)NCCSCc2ccc(Cl)c(Cl)c2)c1OC. The van der Waals surface area contributed by atoms with Crippen molar-refractivity contribution in [3.8, 4) is 11.5 Å². The summed E-state index contributed by atoms with van der Waals surface area (Å²) in [4.78, 5) is 12.3. The van der Waals surface area contributed by atoms with Crippen LogP contribution in [0.1, 0.15) is 15.9 Å². The molecular formula is C18H19Cl2NO3S. The van der Waals surface area contributed by atoms with Crippen LogP contribution in [0, 0.1) is 0 Å². The van der Waals surface area contributed by atoms with E-state index in [1.165, 1.54) is 7.11 Å². The van der Waals surface area contributed by atoms with E-state index >= 15 is 0 Å². The highest BCUT2D eigenvalue weighted by atomic mass is 35.5. The molecule has 2 aromatic rings. The maximum atomic E-state index is 12.3. The Kier molecular flexibility index (Phi) is 7.75. The van der Waals surface area contributed by atoms with Crippen LogP contribution in [-0.2, 0) is 5.75 Å². The predicted molar refractivity (Wildman–Crippen MR) is 105 cm³/mol. The van der Waals surface area contributed by atoms with Gasteiger partial charge in [0, 0.05) is 18.1 Å². The van der Waals surface area contributed by atoms with Gasteiger partial charge in [-0.2, -0.15) is 11.8 Å². The molecule has 0 aliphatic rings. The van der Waals surface area contributed by atoms with Gasteiger partial charge in [-0.3, -0.25) is 4.79 Å². The van der Waals surface area contributed by atoms with E-state index in [4.69, 9.17) is 32.7 Å². The number of carbonyl (C=O) groups excluding carboxylic acids is 1. The number of amides is 1. The number of hydrogen-bond acceptors (Lipinski definition) is 4. The summed E-state index contributed by atoms with van der Waals surface area (Å²) in [6.45, 7) is 0.547. The second kappa shape index (κ2) is 9.80. The van der Waals surface area contributed by atoms with Crippen LogP contribution in [-0.4, -0.2) is 32.4 Å². The van der Waals surface area contributed by atoms with E-state index in [0.29, 0.717) is 33.7 Å². The molecule has 0 heterocycles. The second-order valence-corrected chi connectivity index (χ2v) is 7.02. The molecule has 2 aromatic carbocycles. The van der Waals surface area contributed by atoms with E-state index < -0.39 is 0 Å². The van der Waals surface area contributed by atoms with Crippen molar-refractivity contribution in [2.75, 3.05) is 26.5 Å². The second-order valence-electron chi connectivity index (χ2n) is 5.10. The van der Waals surface area contributed by atoms with Crippen LogP contribution in [0.15, 0.2) is 36.4 Å². The van der Waals surface area contributed by atoms with Gasteiger partial charge in [0.05, 0.1) is 29.8 Å². The lowest BCUT2D eigenvalue weighted by molar-refractivity contribution is 0.0952. The molecule has 0 saturated heterocycles. The number of methoxy groups -OCH3 is 2. The quantitative estimate of drug-likeness (QED) is 0.654. The van der Waals surface area contributed by atoms with Crippen molar-refractivity contribution in [3.05, 3.63) is 57.6 Å². The monoisotopic (exact) mass is 399 g/mol. The Labute approximate surface area is 161 Å². The van der Waals surface area contributed by atoms with Gasteiger partial charge in [-0.05, 0) is 29.8 Å². The van der Waals surface area contributed by atoms with Gasteiger partial charge in [-0.1, -0.05) is 35.3 Å². The zero-order valence-electron chi connectivity index (χ0n) is 14.0. The average Bonchev–Trinajstić information content (AvgIpc) is 2.63. The summed E-state index contributed by atoms with van der Waals surface area (Å²) in [5.41, 5.74) is 1.55. The van der Waals surface area contributed by atoms with Gasteiger partial charge >= 0.3 is 0 Å². The summed E-state index contributed by atoms with van der Waals surface area (Å²) in [7, 11) is 3.06. The lowest BCUT2D eigenvalue weighted by Gasteiger charge is -2.12. The molecule has 134 valence electrons. The minimum atomic E-state index is -0.189. The Bertz CT molecular complexity index is 740. The van der Waals surface area contributed by atoms with Gasteiger partial charge in [0.2, 0.25) is 0 Å². The first-order valence-corrected chi connectivity index (χ1v) is 9.48. The van der Waals surface area contributed by atoms with E-state index in [-0.39, 0.29) is 5.91 Å². The lowest BCUT2D eigenvalue weighted by atomic mass is 10.1. The molecule has 0 fully saturated rings. The smallest absolute Gasteiger partial charge is 0.255 e. The molecule has 1 amide bonds. The van der Waals surface area contributed by atoms with Crippen molar-refractivity contribution < 1.29 is 14.3 Å². The van der Waals surface area contributed by atoms with Crippen LogP contribution in [0.3, 0.4) is 0 Å². The summed E-state index contributed by atoms with van der Waals surface area (Å²) in [6.07, 6.45) is 0. The van der Waals surface area contributed by atoms with E-state index in [0.717, 1.165) is 17.1 Å². The Morgan fingerprint density at radius 2 is 1.92 bits per heavy atom. The van der Waals surface area contributed by atoms with Crippen molar-refractivity contribution in [1.29, 1.82) is 0 Å². The summed E-state index contributed by atoms with van der Waals surface area (Å²) in [6, 6.07) is 10.8. The standard InChI is InChI=1S/C18H19Cl2NO3S/c1-23-16-5-3-4-13(17(16)24-2)18(22)21-8-9-25-11-12-6-7-14(19)15(20)10-12/h3-7,10H,8-9,11H2,1-2H3,(H,21,22). The lowest BCUT2D eigenvalue weighted by Crippen LogP contribution is -2.26. The van der Waals surface area contributed by atoms with Crippen LogP contribution in [0.4, 0.5) is 0 Å². The molecular weight excluding hydrogens is 381 g/mol. The third kappa shape index (κ3) is 5.46. The minimum absolute atomic E-state index is 0.189. The van der Waals surface area contributed by atoms with Crippen molar-refractivity contribution in [2.45, 2.75) is 5.75 Å². The number of halogens is 2. The summed E-state index contributed by atoms with van der Waals surface area (Å²) in [5, 5.41) is 3.99. The van der Waals surface area contributed by atoms with Crippen LogP contribution < -0.4 is 14.8 Å². The molecule has 25 heavy (non-hydrogen) atoms. The van der Waals surface area contributed by atoms with E-state index in [1.807, 2.05) is 12.1 Å². The first-order chi connectivity index (χ1) is 12.1. The highest BCUT2D eigenvalue weighted by Gasteiger charge is 2.15. The highest BCUT2D eigenvalue weighted by Crippen LogP contribution is 2.30. The van der Waals surface area contributed by atoms with Crippen molar-refractivity contribution in [2.24, 2.45) is 0 Å². The fourth-order valence-electron chi connectivity index (χ4n) is 2.22. The molecule has 4 nitrogen and oxygen atoms in total. The molecule has 0 unspecified atom stereocenters. The van der Waals surface area contributed by atoms with Gasteiger partial charge in [0.1, 0.15) is 0 Å². The van der Waals surface area contributed by atoms with Gasteiger partial charge < -0.3 is 14.8 Å². The third-order valence-electron chi connectivity index (χ3n) is 3.43. The summed E-state index contributed by atoms with van der Waals surface area (Å²) >= 11 is 13.6. The van der Waals surface area contributed by atoms with Gasteiger partial charge in [0.25, 0.3) is 5.91 Å². The number of thioether (sulfide) groups is 1. The Morgan fingerprint density at radius 1 is 1.12 bits per heavy atom. The molecule has 0 spiro atoms. The number of hydrogen-bond donors (Lipinski definition) is 1. The molecule has 0 bridgehead atoms. The third-order valence-corrected chi connectivity index (χ3v) is 5.20. The fraction of sp³-hybridized carbons (Fsp3) is 0.278. The average molecular weight is 400 g/mol. The molecule has 0 radical (unpaired) electrons. The van der Waals surface area contributed by atoms with Crippen molar-refractivity contribution in [1.82, 2.24) is 5.32 Å².